The van der Waals surface area contributed by atoms with E-state index in [1.165, 1.54) is 6.07 Å². The Morgan fingerprint density at radius 3 is 2.15 bits per heavy atom. The average molecular weight is 289 g/mol. The lowest BCUT2D eigenvalue weighted by Crippen LogP contribution is -2.07. The van der Waals surface area contributed by atoms with Crippen molar-refractivity contribution >= 4 is 22.6 Å². The van der Waals surface area contributed by atoms with Crippen molar-refractivity contribution in [2.75, 3.05) is 6.61 Å². The highest BCUT2D eigenvalue weighted by Gasteiger charge is 2.16. The topological polar surface area (TPSA) is 43.4 Å². The fourth-order valence-corrected chi connectivity index (χ4v) is 2.04. The Morgan fingerprint density at radius 1 is 1.00 bits per heavy atom. The molecule has 4 heteroatoms. The predicted octanol–water partition coefficient (Wildman–Crippen LogP) is 3.70. The van der Waals surface area contributed by atoms with Crippen molar-refractivity contribution in [3.8, 4) is 5.75 Å². The molecule has 0 unspecified atom stereocenters. The van der Waals surface area contributed by atoms with Crippen molar-refractivity contribution in [2.24, 2.45) is 0 Å². The van der Waals surface area contributed by atoms with E-state index in [0.717, 1.165) is 0 Å². The van der Waals surface area contributed by atoms with Crippen LogP contribution in [0.2, 0.25) is 0 Å². The number of halogens is 1. The van der Waals surface area contributed by atoms with Crippen molar-refractivity contribution in [3.63, 3.8) is 0 Å². The van der Waals surface area contributed by atoms with Gasteiger partial charge < -0.3 is 4.74 Å². The minimum absolute atomic E-state index is 0.216. The molecule has 0 N–H and O–H groups in total. The highest BCUT2D eigenvalue weighted by Crippen LogP contribution is 2.19. The Labute approximate surface area is 122 Å². The summed E-state index contributed by atoms with van der Waals surface area (Å²) in [5.74, 6) is 0.461. The van der Waals surface area contributed by atoms with Crippen molar-refractivity contribution in [3.05, 3.63) is 65.2 Å². The van der Waals surface area contributed by atoms with Gasteiger partial charge in [-0.3, -0.25) is 9.59 Å². The summed E-state index contributed by atoms with van der Waals surface area (Å²) in [7, 11) is 0. The van der Waals surface area contributed by atoms with Gasteiger partial charge in [-0.25, -0.2) is 0 Å². The molecule has 102 valence electrons. The number of hydrogen-bond acceptors (Lipinski definition) is 3. The molecule has 0 saturated carbocycles. The number of carbonyl (C=O) groups is 2. The number of hydrogen-bond donors (Lipinski definition) is 0. The van der Waals surface area contributed by atoms with Gasteiger partial charge in [-0.05, 0) is 48.9 Å². The summed E-state index contributed by atoms with van der Waals surface area (Å²) in [5, 5.41) is -0.639. The van der Waals surface area contributed by atoms with E-state index in [1.54, 1.807) is 42.5 Å². The summed E-state index contributed by atoms with van der Waals surface area (Å²) in [6.07, 6.45) is 0. The molecule has 0 atom stereocenters. The maximum Gasteiger partial charge on any atom is 0.253 e. The highest BCUT2D eigenvalue weighted by atomic mass is 35.5. The molecule has 2 aromatic carbocycles. The molecule has 0 aliphatic rings. The van der Waals surface area contributed by atoms with E-state index in [2.05, 4.69) is 0 Å². The number of rotatable bonds is 5. The van der Waals surface area contributed by atoms with Gasteiger partial charge in [-0.1, -0.05) is 18.2 Å². The van der Waals surface area contributed by atoms with Gasteiger partial charge in [-0.15, -0.1) is 0 Å². The zero-order chi connectivity index (χ0) is 14.5. The largest absolute Gasteiger partial charge is 0.494 e. The van der Waals surface area contributed by atoms with Crippen molar-refractivity contribution in [1.82, 2.24) is 0 Å². The molecule has 3 nitrogen and oxygen atoms in total. The SMILES string of the molecule is CCOc1ccc(C(=O)c2ccccc2C(=O)Cl)cc1. The molecule has 0 aliphatic heterocycles. The first-order chi connectivity index (χ1) is 9.63. The molecule has 20 heavy (non-hydrogen) atoms. The first-order valence-electron chi connectivity index (χ1n) is 6.20. The Hall–Kier alpha value is -2.13. The smallest absolute Gasteiger partial charge is 0.253 e. The van der Waals surface area contributed by atoms with E-state index >= 15 is 0 Å². The van der Waals surface area contributed by atoms with Crippen LogP contribution in [0.1, 0.15) is 33.2 Å². The molecule has 0 aliphatic carbocycles. The van der Waals surface area contributed by atoms with E-state index in [1.807, 2.05) is 6.92 Å². The molecule has 0 amide bonds. The molecule has 0 radical (unpaired) electrons. The van der Waals surface area contributed by atoms with Crippen LogP contribution >= 0.6 is 11.6 Å². The predicted molar refractivity (Wildman–Crippen MR) is 77.7 cm³/mol. The van der Waals surface area contributed by atoms with Gasteiger partial charge in [0.15, 0.2) is 5.78 Å². The maximum absolute atomic E-state index is 12.4. The molecule has 2 aromatic rings. The van der Waals surface area contributed by atoms with E-state index in [0.29, 0.717) is 23.5 Å². The van der Waals surface area contributed by atoms with Gasteiger partial charge >= 0.3 is 0 Å². The van der Waals surface area contributed by atoms with E-state index < -0.39 is 5.24 Å². The van der Waals surface area contributed by atoms with E-state index in [4.69, 9.17) is 16.3 Å². The van der Waals surface area contributed by atoms with Gasteiger partial charge in [0.2, 0.25) is 0 Å². The lowest BCUT2D eigenvalue weighted by atomic mass is 9.99. The minimum Gasteiger partial charge on any atom is -0.494 e. The first-order valence-corrected chi connectivity index (χ1v) is 6.57. The monoisotopic (exact) mass is 288 g/mol. The van der Waals surface area contributed by atoms with Crippen LogP contribution < -0.4 is 4.74 Å². The van der Waals surface area contributed by atoms with Crippen LogP contribution in [0.5, 0.6) is 5.75 Å². The summed E-state index contributed by atoms with van der Waals surface area (Å²) in [4.78, 5) is 23.7. The second-order valence-electron chi connectivity index (χ2n) is 4.11. The molecule has 0 aromatic heterocycles. The maximum atomic E-state index is 12.4. The number of ether oxygens (including phenoxy) is 1. The van der Waals surface area contributed by atoms with Gasteiger partial charge in [0.05, 0.1) is 6.61 Å². The van der Waals surface area contributed by atoms with Crippen LogP contribution in [0.15, 0.2) is 48.5 Å². The Morgan fingerprint density at radius 2 is 1.60 bits per heavy atom. The quantitative estimate of drug-likeness (QED) is 0.622. The van der Waals surface area contributed by atoms with Gasteiger partial charge in [0.1, 0.15) is 5.75 Å². The third kappa shape index (κ3) is 3.06. The average Bonchev–Trinajstić information content (AvgIpc) is 2.47. The molecule has 0 spiro atoms. The van der Waals surface area contributed by atoms with Crippen LogP contribution in [0, 0.1) is 0 Å². The summed E-state index contributed by atoms with van der Waals surface area (Å²) in [5.41, 5.74) is 1.00. The first kappa shape index (κ1) is 14.3. The van der Waals surface area contributed by atoms with Crippen LogP contribution in [0.3, 0.4) is 0 Å². The minimum atomic E-state index is -0.639. The third-order valence-electron chi connectivity index (χ3n) is 2.81. The standard InChI is InChI=1S/C16H13ClO3/c1-2-20-12-9-7-11(8-10-12)15(18)13-5-3-4-6-14(13)16(17)19/h3-10H,2H2,1H3. The normalized spacial score (nSPS) is 10.1. The van der Waals surface area contributed by atoms with Crippen LogP contribution in [-0.2, 0) is 0 Å². The fourth-order valence-electron chi connectivity index (χ4n) is 1.88. The summed E-state index contributed by atoms with van der Waals surface area (Å²) in [6.45, 7) is 2.46. The van der Waals surface area contributed by atoms with Gasteiger partial charge in [0, 0.05) is 16.7 Å². The number of carbonyl (C=O) groups excluding carboxylic acids is 2. The number of ketones is 1. The van der Waals surface area contributed by atoms with Crippen molar-refractivity contribution < 1.29 is 14.3 Å². The lowest BCUT2D eigenvalue weighted by molar-refractivity contribution is 0.102. The zero-order valence-corrected chi connectivity index (χ0v) is 11.7. The molecule has 0 bridgehead atoms. The molecule has 2 rings (SSSR count). The Balaban J connectivity index is 2.34. The zero-order valence-electron chi connectivity index (χ0n) is 10.9. The van der Waals surface area contributed by atoms with Gasteiger partial charge in [0.25, 0.3) is 5.24 Å². The fraction of sp³-hybridized carbons (Fsp3) is 0.125. The van der Waals surface area contributed by atoms with Crippen LogP contribution in [0.4, 0.5) is 0 Å². The molecule has 0 fully saturated rings. The lowest BCUT2D eigenvalue weighted by Gasteiger charge is -2.07. The van der Waals surface area contributed by atoms with Crippen LogP contribution in [0.25, 0.3) is 0 Å². The number of benzene rings is 2. The molecular formula is C16H13ClO3. The van der Waals surface area contributed by atoms with Gasteiger partial charge in [-0.2, -0.15) is 0 Å². The van der Waals surface area contributed by atoms with Crippen LogP contribution in [-0.4, -0.2) is 17.6 Å². The molecular weight excluding hydrogens is 276 g/mol. The summed E-state index contributed by atoms with van der Waals surface area (Å²) in [6, 6.07) is 13.3. The van der Waals surface area contributed by atoms with E-state index in [-0.39, 0.29) is 11.3 Å². The second-order valence-corrected chi connectivity index (χ2v) is 4.45. The van der Waals surface area contributed by atoms with Crippen molar-refractivity contribution in [2.45, 2.75) is 6.92 Å². The third-order valence-corrected chi connectivity index (χ3v) is 3.01. The summed E-state index contributed by atoms with van der Waals surface area (Å²) >= 11 is 5.50. The Kier molecular flexibility index (Phi) is 4.53. The molecule has 0 heterocycles. The molecule has 0 saturated heterocycles. The van der Waals surface area contributed by atoms with Crippen molar-refractivity contribution in [1.29, 1.82) is 0 Å². The highest BCUT2D eigenvalue weighted by molar-refractivity contribution is 6.68. The van der Waals surface area contributed by atoms with E-state index in [9.17, 15) is 9.59 Å². The summed E-state index contributed by atoms with van der Waals surface area (Å²) < 4.78 is 5.32. The second kappa shape index (κ2) is 6.35. The Bertz CT molecular complexity index is 632.